The van der Waals surface area contributed by atoms with Gasteiger partial charge in [-0.3, -0.25) is 9.59 Å². The van der Waals surface area contributed by atoms with Crippen molar-refractivity contribution in [1.29, 1.82) is 0 Å². The second kappa shape index (κ2) is 8.03. The van der Waals surface area contributed by atoms with Crippen LogP contribution in [0.4, 0.5) is 0 Å². The van der Waals surface area contributed by atoms with Gasteiger partial charge in [0.1, 0.15) is 11.5 Å². The van der Waals surface area contributed by atoms with E-state index in [1.807, 2.05) is 19.1 Å². The van der Waals surface area contributed by atoms with Crippen LogP contribution in [0, 0.1) is 12.8 Å². The maximum absolute atomic E-state index is 12.5. The number of pyridine rings is 1. The van der Waals surface area contributed by atoms with Crippen LogP contribution in [0.25, 0.3) is 0 Å². The SMILES string of the molecule is COc1ccc(C(=O)N[C@@H]2CCC[C@@H]2C(=O)NCc2ccc(C)o2)cn1. The highest BCUT2D eigenvalue weighted by molar-refractivity contribution is 5.94. The van der Waals surface area contributed by atoms with Gasteiger partial charge in [0.05, 0.1) is 25.1 Å². The number of aromatic nitrogens is 1. The molecule has 1 fully saturated rings. The summed E-state index contributed by atoms with van der Waals surface area (Å²) < 4.78 is 10.5. The van der Waals surface area contributed by atoms with E-state index in [0.717, 1.165) is 30.8 Å². The van der Waals surface area contributed by atoms with Crippen molar-refractivity contribution in [2.75, 3.05) is 7.11 Å². The summed E-state index contributed by atoms with van der Waals surface area (Å²) in [7, 11) is 1.52. The summed E-state index contributed by atoms with van der Waals surface area (Å²) in [5.41, 5.74) is 0.447. The average Bonchev–Trinajstić information content (AvgIpc) is 3.28. The molecule has 0 spiro atoms. The Morgan fingerprint density at radius 2 is 2.12 bits per heavy atom. The Bertz CT molecular complexity index is 769. The average molecular weight is 357 g/mol. The summed E-state index contributed by atoms with van der Waals surface area (Å²) in [5.74, 6) is 1.46. The maximum Gasteiger partial charge on any atom is 0.253 e. The summed E-state index contributed by atoms with van der Waals surface area (Å²) in [6.07, 6.45) is 3.92. The van der Waals surface area contributed by atoms with Crippen LogP contribution in [0.3, 0.4) is 0 Å². The fourth-order valence-corrected chi connectivity index (χ4v) is 3.22. The zero-order valence-electron chi connectivity index (χ0n) is 15.0. The third kappa shape index (κ3) is 4.22. The van der Waals surface area contributed by atoms with Gasteiger partial charge in [0.2, 0.25) is 11.8 Å². The van der Waals surface area contributed by atoms with Gasteiger partial charge in [0.25, 0.3) is 5.91 Å². The number of nitrogens with one attached hydrogen (secondary N) is 2. The van der Waals surface area contributed by atoms with Gasteiger partial charge in [-0.25, -0.2) is 4.98 Å². The first-order chi connectivity index (χ1) is 12.6. The van der Waals surface area contributed by atoms with Crippen molar-refractivity contribution in [3.8, 4) is 5.88 Å². The Hall–Kier alpha value is -2.83. The lowest BCUT2D eigenvalue weighted by atomic mass is 10.0. The number of nitrogens with zero attached hydrogens (tertiary/aromatic N) is 1. The van der Waals surface area contributed by atoms with Gasteiger partial charge in [-0.2, -0.15) is 0 Å². The zero-order chi connectivity index (χ0) is 18.5. The molecule has 0 saturated heterocycles. The molecule has 1 aliphatic rings. The topological polar surface area (TPSA) is 93.5 Å². The summed E-state index contributed by atoms with van der Waals surface area (Å²) in [5, 5.41) is 5.86. The Balaban J connectivity index is 1.56. The van der Waals surface area contributed by atoms with Crippen LogP contribution in [0.2, 0.25) is 0 Å². The standard InChI is InChI=1S/C19H23N3O4/c1-12-6-8-14(26-12)11-21-19(24)15-4-3-5-16(15)22-18(23)13-7-9-17(25-2)20-10-13/h6-10,15-16H,3-5,11H2,1-2H3,(H,21,24)(H,22,23)/t15-,16+/m0/s1. The number of rotatable bonds is 6. The second-order valence-electron chi connectivity index (χ2n) is 6.44. The Morgan fingerprint density at radius 1 is 1.27 bits per heavy atom. The Morgan fingerprint density at radius 3 is 2.77 bits per heavy atom. The molecule has 2 atom stereocenters. The van der Waals surface area contributed by atoms with E-state index >= 15 is 0 Å². The normalized spacial score (nSPS) is 19.2. The lowest BCUT2D eigenvalue weighted by Crippen LogP contribution is -2.43. The summed E-state index contributed by atoms with van der Waals surface area (Å²) in [4.78, 5) is 29.0. The molecule has 26 heavy (non-hydrogen) atoms. The summed E-state index contributed by atoms with van der Waals surface area (Å²) in [6, 6.07) is 6.83. The third-order valence-electron chi connectivity index (χ3n) is 4.61. The summed E-state index contributed by atoms with van der Waals surface area (Å²) >= 11 is 0. The second-order valence-corrected chi connectivity index (χ2v) is 6.44. The fraction of sp³-hybridized carbons (Fsp3) is 0.421. The first-order valence-electron chi connectivity index (χ1n) is 8.71. The van der Waals surface area contributed by atoms with Crippen molar-refractivity contribution >= 4 is 11.8 Å². The smallest absolute Gasteiger partial charge is 0.253 e. The molecule has 0 radical (unpaired) electrons. The van der Waals surface area contributed by atoms with Crippen molar-refractivity contribution in [3.05, 3.63) is 47.5 Å². The van der Waals surface area contributed by atoms with E-state index in [0.29, 0.717) is 18.0 Å². The molecular formula is C19H23N3O4. The highest BCUT2D eigenvalue weighted by atomic mass is 16.5. The van der Waals surface area contributed by atoms with E-state index in [1.165, 1.54) is 13.3 Å². The monoisotopic (exact) mass is 357 g/mol. The minimum Gasteiger partial charge on any atom is -0.481 e. The number of carbonyl (C=O) groups excluding carboxylic acids is 2. The number of amides is 2. The van der Waals surface area contributed by atoms with E-state index in [4.69, 9.17) is 9.15 Å². The Labute approximate surface area is 152 Å². The van der Waals surface area contributed by atoms with Gasteiger partial charge in [0, 0.05) is 18.3 Å². The van der Waals surface area contributed by atoms with Crippen LogP contribution in [0.15, 0.2) is 34.9 Å². The maximum atomic E-state index is 12.5. The van der Waals surface area contributed by atoms with Gasteiger partial charge in [0.15, 0.2) is 0 Å². The van der Waals surface area contributed by atoms with E-state index in [9.17, 15) is 9.59 Å². The van der Waals surface area contributed by atoms with Crippen molar-refractivity contribution in [3.63, 3.8) is 0 Å². The van der Waals surface area contributed by atoms with Crippen LogP contribution in [-0.4, -0.2) is 29.9 Å². The molecule has 7 nitrogen and oxygen atoms in total. The number of hydrogen-bond donors (Lipinski definition) is 2. The fourth-order valence-electron chi connectivity index (χ4n) is 3.22. The molecule has 2 amide bonds. The van der Waals surface area contributed by atoms with Gasteiger partial charge in [-0.1, -0.05) is 6.42 Å². The van der Waals surface area contributed by atoms with Crippen LogP contribution in [0.5, 0.6) is 5.88 Å². The Kier molecular flexibility index (Phi) is 5.55. The lowest BCUT2D eigenvalue weighted by Gasteiger charge is -2.20. The third-order valence-corrected chi connectivity index (χ3v) is 4.61. The molecule has 2 aromatic heterocycles. The first-order valence-corrected chi connectivity index (χ1v) is 8.71. The molecule has 0 aromatic carbocycles. The molecule has 2 heterocycles. The van der Waals surface area contributed by atoms with Crippen molar-refractivity contribution in [2.45, 2.75) is 38.8 Å². The molecule has 1 aliphatic carbocycles. The lowest BCUT2D eigenvalue weighted by molar-refractivity contribution is -0.125. The molecular weight excluding hydrogens is 334 g/mol. The van der Waals surface area contributed by atoms with Gasteiger partial charge >= 0.3 is 0 Å². The van der Waals surface area contributed by atoms with Gasteiger partial charge in [-0.05, 0) is 38.0 Å². The van der Waals surface area contributed by atoms with E-state index in [2.05, 4.69) is 15.6 Å². The number of hydrogen-bond acceptors (Lipinski definition) is 5. The molecule has 2 aromatic rings. The number of aryl methyl sites for hydroxylation is 1. The number of methoxy groups -OCH3 is 1. The minimum atomic E-state index is -0.235. The quantitative estimate of drug-likeness (QED) is 0.827. The molecule has 3 rings (SSSR count). The molecule has 2 N–H and O–H groups in total. The van der Waals surface area contributed by atoms with E-state index in [1.54, 1.807) is 12.1 Å². The molecule has 7 heteroatoms. The molecule has 138 valence electrons. The zero-order valence-corrected chi connectivity index (χ0v) is 15.0. The first kappa shape index (κ1) is 18.0. The van der Waals surface area contributed by atoms with E-state index in [-0.39, 0.29) is 23.8 Å². The van der Waals surface area contributed by atoms with Crippen LogP contribution >= 0.6 is 0 Å². The largest absolute Gasteiger partial charge is 0.481 e. The van der Waals surface area contributed by atoms with Gasteiger partial charge in [-0.15, -0.1) is 0 Å². The van der Waals surface area contributed by atoms with Gasteiger partial charge < -0.3 is 19.8 Å². The van der Waals surface area contributed by atoms with Crippen molar-refractivity contribution in [2.24, 2.45) is 5.92 Å². The van der Waals surface area contributed by atoms with Crippen LogP contribution in [-0.2, 0) is 11.3 Å². The molecule has 0 bridgehead atoms. The minimum absolute atomic E-state index is 0.0605. The number of furan rings is 1. The molecule has 0 aliphatic heterocycles. The highest BCUT2D eigenvalue weighted by Gasteiger charge is 2.34. The predicted octanol–water partition coefficient (Wildman–Crippen LogP) is 2.21. The van der Waals surface area contributed by atoms with Crippen molar-refractivity contribution in [1.82, 2.24) is 15.6 Å². The number of carbonyl (C=O) groups is 2. The van der Waals surface area contributed by atoms with E-state index < -0.39 is 0 Å². The highest BCUT2D eigenvalue weighted by Crippen LogP contribution is 2.26. The molecule has 0 unspecified atom stereocenters. The summed E-state index contributed by atoms with van der Waals surface area (Å²) in [6.45, 7) is 2.22. The van der Waals surface area contributed by atoms with Crippen LogP contribution in [0.1, 0.15) is 41.1 Å². The predicted molar refractivity (Wildman–Crippen MR) is 94.7 cm³/mol. The molecule has 1 saturated carbocycles. The number of ether oxygens (including phenoxy) is 1. The van der Waals surface area contributed by atoms with Crippen molar-refractivity contribution < 1.29 is 18.7 Å². The van der Waals surface area contributed by atoms with Crippen LogP contribution < -0.4 is 15.4 Å².